The van der Waals surface area contributed by atoms with Crippen molar-refractivity contribution in [3.8, 4) is 0 Å². The third-order valence-corrected chi connectivity index (χ3v) is 4.04. The lowest BCUT2D eigenvalue weighted by Gasteiger charge is -2.12. The van der Waals surface area contributed by atoms with E-state index in [1.54, 1.807) is 0 Å². The molecule has 0 fully saturated rings. The number of benzene rings is 1. The maximum absolute atomic E-state index is 12.1. The summed E-state index contributed by atoms with van der Waals surface area (Å²) in [5.74, 6) is -2.26. The quantitative estimate of drug-likeness (QED) is 0.588. The van der Waals surface area contributed by atoms with Crippen LogP contribution in [0.5, 0.6) is 0 Å². The van der Waals surface area contributed by atoms with Crippen LogP contribution in [0.3, 0.4) is 0 Å². The standard InChI is InChI=1S/C20H28N2O6/c1-5-13(3)21-17(23)11-27-19(25)15-8-7-9-16(10-15)20(26)28-12-18(24)22-14(4)6-2/h7-10,13-14H,5-6,11-12H2,1-4H3,(H,21,23)(H,22,24)/t13-,14-/m1/s1. The number of carbonyl (C=O) groups excluding carboxylic acids is 4. The van der Waals surface area contributed by atoms with Gasteiger partial charge in [0, 0.05) is 12.1 Å². The van der Waals surface area contributed by atoms with Crippen molar-refractivity contribution in [2.24, 2.45) is 0 Å². The number of amides is 2. The lowest BCUT2D eigenvalue weighted by molar-refractivity contribution is -0.125. The molecule has 0 saturated carbocycles. The first kappa shape index (κ1) is 23.1. The summed E-state index contributed by atoms with van der Waals surface area (Å²) < 4.78 is 9.91. The van der Waals surface area contributed by atoms with E-state index >= 15 is 0 Å². The Morgan fingerprint density at radius 2 is 1.21 bits per heavy atom. The third kappa shape index (κ3) is 8.20. The van der Waals surface area contributed by atoms with E-state index < -0.39 is 37.0 Å². The van der Waals surface area contributed by atoms with Gasteiger partial charge in [-0.15, -0.1) is 0 Å². The molecule has 0 bridgehead atoms. The van der Waals surface area contributed by atoms with Crippen molar-refractivity contribution in [2.45, 2.75) is 52.6 Å². The van der Waals surface area contributed by atoms with Crippen LogP contribution in [-0.2, 0) is 19.1 Å². The van der Waals surface area contributed by atoms with Gasteiger partial charge in [-0.05, 0) is 44.9 Å². The van der Waals surface area contributed by atoms with E-state index in [-0.39, 0.29) is 23.2 Å². The van der Waals surface area contributed by atoms with Crippen molar-refractivity contribution in [1.82, 2.24) is 10.6 Å². The summed E-state index contributed by atoms with van der Waals surface area (Å²) in [5, 5.41) is 5.37. The zero-order chi connectivity index (χ0) is 21.1. The highest BCUT2D eigenvalue weighted by atomic mass is 16.5. The fourth-order valence-electron chi connectivity index (χ4n) is 2.04. The highest BCUT2D eigenvalue weighted by Crippen LogP contribution is 2.08. The molecule has 1 rings (SSSR count). The first-order chi connectivity index (χ1) is 13.3. The summed E-state index contributed by atoms with van der Waals surface area (Å²) in [4.78, 5) is 47.5. The van der Waals surface area contributed by atoms with Gasteiger partial charge in [-0.2, -0.15) is 0 Å². The number of hydrogen-bond donors (Lipinski definition) is 2. The van der Waals surface area contributed by atoms with Crippen LogP contribution in [0.4, 0.5) is 0 Å². The molecule has 0 spiro atoms. The predicted octanol–water partition coefficient (Wildman–Crippen LogP) is 1.83. The number of carbonyl (C=O) groups is 4. The molecule has 0 aliphatic rings. The van der Waals surface area contributed by atoms with Gasteiger partial charge in [-0.1, -0.05) is 19.9 Å². The summed E-state index contributed by atoms with van der Waals surface area (Å²) in [5.41, 5.74) is 0.213. The molecular formula is C20H28N2O6. The van der Waals surface area contributed by atoms with E-state index in [0.717, 1.165) is 12.8 Å². The van der Waals surface area contributed by atoms with Gasteiger partial charge < -0.3 is 20.1 Å². The molecule has 1 aromatic carbocycles. The normalized spacial score (nSPS) is 12.4. The maximum atomic E-state index is 12.1. The first-order valence-corrected chi connectivity index (χ1v) is 9.29. The Kier molecular flexibility index (Phi) is 9.70. The second kappa shape index (κ2) is 11.7. The molecule has 2 atom stereocenters. The van der Waals surface area contributed by atoms with Crippen LogP contribution in [0, 0.1) is 0 Å². The van der Waals surface area contributed by atoms with Gasteiger partial charge in [0.15, 0.2) is 13.2 Å². The van der Waals surface area contributed by atoms with Gasteiger partial charge in [0.25, 0.3) is 11.8 Å². The van der Waals surface area contributed by atoms with Crippen molar-refractivity contribution in [3.05, 3.63) is 35.4 Å². The average Bonchev–Trinajstić information content (AvgIpc) is 2.69. The minimum Gasteiger partial charge on any atom is -0.452 e. The highest BCUT2D eigenvalue weighted by Gasteiger charge is 2.16. The van der Waals surface area contributed by atoms with Crippen LogP contribution < -0.4 is 10.6 Å². The monoisotopic (exact) mass is 392 g/mol. The number of hydrogen-bond acceptors (Lipinski definition) is 6. The molecule has 154 valence electrons. The number of ether oxygens (including phenoxy) is 2. The van der Waals surface area contributed by atoms with Crippen LogP contribution >= 0.6 is 0 Å². The molecule has 0 heterocycles. The number of rotatable bonds is 10. The van der Waals surface area contributed by atoms with Crippen LogP contribution in [0.25, 0.3) is 0 Å². The van der Waals surface area contributed by atoms with Gasteiger partial charge in [0.2, 0.25) is 0 Å². The van der Waals surface area contributed by atoms with Crippen molar-refractivity contribution in [3.63, 3.8) is 0 Å². The number of esters is 2. The zero-order valence-electron chi connectivity index (χ0n) is 16.7. The van der Waals surface area contributed by atoms with E-state index in [9.17, 15) is 19.2 Å². The lowest BCUT2D eigenvalue weighted by Crippen LogP contribution is -2.35. The Hall–Kier alpha value is -2.90. The van der Waals surface area contributed by atoms with E-state index in [0.29, 0.717) is 0 Å². The second-order valence-electron chi connectivity index (χ2n) is 6.49. The minimum absolute atomic E-state index is 0.0122. The molecule has 0 aliphatic carbocycles. The Balaban J connectivity index is 2.58. The molecular weight excluding hydrogens is 364 g/mol. The third-order valence-electron chi connectivity index (χ3n) is 4.04. The van der Waals surface area contributed by atoms with Gasteiger partial charge in [-0.3, -0.25) is 9.59 Å². The van der Waals surface area contributed by atoms with E-state index in [1.165, 1.54) is 24.3 Å². The summed E-state index contributed by atoms with van der Waals surface area (Å²) >= 11 is 0. The van der Waals surface area contributed by atoms with Crippen LogP contribution in [0.2, 0.25) is 0 Å². The molecule has 2 N–H and O–H groups in total. The summed E-state index contributed by atoms with van der Waals surface area (Å²) in [7, 11) is 0. The Morgan fingerprint density at radius 1 is 0.821 bits per heavy atom. The maximum Gasteiger partial charge on any atom is 0.338 e. The van der Waals surface area contributed by atoms with Crippen LogP contribution in [0.1, 0.15) is 61.3 Å². The molecule has 2 amide bonds. The average molecular weight is 392 g/mol. The second-order valence-corrected chi connectivity index (χ2v) is 6.49. The first-order valence-electron chi connectivity index (χ1n) is 9.29. The molecule has 8 heteroatoms. The Morgan fingerprint density at radius 3 is 1.57 bits per heavy atom. The highest BCUT2D eigenvalue weighted by molar-refractivity contribution is 5.96. The Labute approximate surface area is 165 Å². The molecule has 1 aromatic rings. The molecule has 0 aromatic heterocycles. The summed E-state index contributed by atoms with van der Waals surface area (Å²) in [6.45, 7) is 6.72. The van der Waals surface area contributed by atoms with Gasteiger partial charge in [0.05, 0.1) is 11.1 Å². The summed E-state index contributed by atoms with van der Waals surface area (Å²) in [6, 6.07) is 5.68. The van der Waals surface area contributed by atoms with E-state index in [1.807, 2.05) is 27.7 Å². The van der Waals surface area contributed by atoms with Crippen molar-refractivity contribution >= 4 is 23.8 Å². The fourth-order valence-corrected chi connectivity index (χ4v) is 2.04. The molecule has 0 radical (unpaired) electrons. The lowest BCUT2D eigenvalue weighted by atomic mass is 10.1. The predicted molar refractivity (Wildman–Crippen MR) is 103 cm³/mol. The number of nitrogens with one attached hydrogen (secondary N) is 2. The molecule has 0 saturated heterocycles. The van der Waals surface area contributed by atoms with Crippen LogP contribution in [0.15, 0.2) is 24.3 Å². The molecule has 0 unspecified atom stereocenters. The fraction of sp³-hybridized carbons (Fsp3) is 0.500. The summed E-state index contributed by atoms with van der Waals surface area (Å²) in [6.07, 6.45) is 1.53. The van der Waals surface area contributed by atoms with E-state index in [2.05, 4.69) is 10.6 Å². The molecule has 0 aliphatic heterocycles. The topological polar surface area (TPSA) is 111 Å². The molecule has 8 nitrogen and oxygen atoms in total. The van der Waals surface area contributed by atoms with Gasteiger partial charge in [-0.25, -0.2) is 9.59 Å². The van der Waals surface area contributed by atoms with Crippen LogP contribution in [-0.4, -0.2) is 49.1 Å². The SMILES string of the molecule is CC[C@@H](C)NC(=O)COC(=O)c1cccc(C(=O)OCC(=O)N[C@H](C)CC)c1. The van der Waals surface area contributed by atoms with Gasteiger partial charge in [0.1, 0.15) is 0 Å². The Bertz CT molecular complexity index is 648. The largest absolute Gasteiger partial charge is 0.452 e. The minimum atomic E-state index is -0.733. The van der Waals surface area contributed by atoms with Gasteiger partial charge >= 0.3 is 11.9 Å². The zero-order valence-corrected chi connectivity index (χ0v) is 16.7. The van der Waals surface area contributed by atoms with E-state index in [4.69, 9.17) is 9.47 Å². The van der Waals surface area contributed by atoms with Crippen molar-refractivity contribution in [2.75, 3.05) is 13.2 Å². The molecule has 28 heavy (non-hydrogen) atoms. The smallest absolute Gasteiger partial charge is 0.338 e. The van der Waals surface area contributed by atoms with Crippen molar-refractivity contribution in [1.29, 1.82) is 0 Å². The van der Waals surface area contributed by atoms with Crippen molar-refractivity contribution < 1.29 is 28.7 Å².